The highest BCUT2D eigenvalue weighted by Gasteiger charge is 2.23. The van der Waals surface area contributed by atoms with Gasteiger partial charge in [-0.2, -0.15) is 0 Å². The van der Waals surface area contributed by atoms with Gasteiger partial charge in [-0.05, 0) is 20.3 Å². The fourth-order valence-corrected chi connectivity index (χ4v) is 1.61. The van der Waals surface area contributed by atoms with E-state index in [1.54, 1.807) is 0 Å². The van der Waals surface area contributed by atoms with E-state index in [1.165, 1.54) is 0 Å². The number of hydrogen-bond donors (Lipinski definition) is 1. The van der Waals surface area contributed by atoms with E-state index >= 15 is 0 Å². The molecule has 3 heteroatoms. The summed E-state index contributed by atoms with van der Waals surface area (Å²) in [5.41, 5.74) is 0.801. The molecule has 0 amide bonds. The van der Waals surface area contributed by atoms with Crippen molar-refractivity contribution in [1.29, 1.82) is 0 Å². The molecule has 1 fully saturated rings. The van der Waals surface area contributed by atoms with Gasteiger partial charge in [0.1, 0.15) is 0 Å². The van der Waals surface area contributed by atoms with Crippen LogP contribution in [0, 0.1) is 0 Å². The lowest BCUT2D eigenvalue weighted by atomic mass is 10.3. The van der Waals surface area contributed by atoms with E-state index in [0.29, 0.717) is 6.10 Å². The maximum Gasteiger partial charge on any atom is 0.0823 e. The van der Waals surface area contributed by atoms with Crippen molar-refractivity contribution in [3.63, 3.8) is 0 Å². The third-order valence-electron chi connectivity index (χ3n) is 2.24. The quantitative estimate of drug-likeness (QED) is 0.709. The molecule has 1 aliphatic heterocycles. The van der Waals surface area contributed by atoms with Gasteiger partial charge in [-0.3, -0.25) is 0 Å². The largest absolute Gasteiger partial charge is 0.390 e. The normalized spacial score (nSPS) is 22.8. The summed E-state index contributed by atoms with van der Waals surface area (Å²) in [6.07, 6.45) is 1.63. The summed E-state index contributed by atoms with van der Waals surface area (Å²) >= 11 is 0. The summed E-state index contributed by atoms with van der Waals surface area (Å²) in [5, 5.41) is 8.88. The van der Waals surface area contributed by atoms with E-state index in [1.807, 2.05) is 13.8 Å². The minimum atomic E-state index is 0.0500. The summed E-state index contributed by atoms with van der Waals surface area (Å²) in [7, 11) is 0. The molecular formula is C10H19NO2. The van der Waals surface area contributed by atoms with E-state index in [9.17, 15) is 0 Å². The fraction of sp³-hybridized carbons (Fsp3) is 0.800. The van der Waals surface area contributed by atoms with E-state index in [-0.39, 0.29) is 12.7 Å². The zero-order valence-electron chi connectivity index (χ0n) is 8.49. The van der Waals surface area contributed by atoms with Crippen molar-refractivity contribution in [1.82, 2.24) is 4.90 Å². The van der Waals surface area contributed by atoms with Crippen molar-refractivity contribution in [2.75, 3.05) is 19.7 Å². The molecule has 1 heterocycles. The molecule has 1 rings (SSSR count). The molecule has 76 valence electrons. The van der Waals surface area contributed by atoms with Gasteiger partial charge in [0.25, 0.3) is 0 Å². The first kappa shape index (κ1) is 10.5. The highest BCUT2D eigenvalue weighted by Crippen LogP contribution is 2.17. The van der Waals surface area contributed by atoms with Gasteiger partial charge in [0.05, 0.1) is 18.8 Å². The number of likely N-dealkylation sites (tertiary alicyclic amines) is 1. The number of ether oxygens (including phenoxy) is 1. The summed E-state index contributed by atoms with van der Waals surface area (Å²) in [6, 6.07) is 0. The fourth-order valence-electron chi connectivity index (χ4n) is 1.61. The van der Waals surface area contributed by atoms with Crippen molar-refractivity contribution >= 4 is 0 Å². The van der Waals surface area contributed by atoms with Crippen LogP contribution in [0.4, 0.5) is 0 Å². The Morgan fingerprint density at radius 2 is 2.38 bits per heavy atom. The Bertz CT molecular complexity index is 180. The molecule has 0 unspecified atom stereocenters. The first-order chi connectivity index (χ1) is 6.13. The van der Waals surface area contributed by atoms with Crippen molar-refractivity contribution in [3.8, 4) is 0 Å². The van der Waals surface area contributed by atoms with E-state index in [4.69, 9.17) is 9.84 Å². The molecule has 0 aromatic heterocycles. The van der Waals surface area contributed by atoms with Crippen molar-refractivity contribution in [2.24, 2.45) is 0 Å². The second kappa shape index (κ2) is 4.63. The first-order valence-electron chi connectivity index (χ1n) is 4.82. The molecule has 0 radical (unpaired) electrons. The maximum absolute atomic E-state index is 8.88. The van der Waals surface area contributed by atoms with E-state index in [2.05, 4.69) is 11.5 Å². The maximum atomic E-state index is 8.88. The van der Waals surface area contributed by atoms with Crippen LogP contribution in [-0.4, -0.2) is 41.9 Å². The minimum Gasteiger partial charge on any atom is -0.390 e. The number of aliphatic hydroxyl groups excluding tert-OH is 1. The molecule has 3 nitrogen and oxygen atoms in total. The van der Waals surface area contributed by atoms with Gasteiger partial charge in [-0.25, -0.2) is 0 Å². The van der Waals surface area contributed by atoms with Gasteiger partial charge in [0.15, 0.2) is 0 Å². The van der Waals surface area contributed by atoms with Gasteiger partial charge in [-0.15, -0.1) is 0 Å². The SMILES string of the molecule is C=C(CO)N1CC[C@@H](OC(C)C)C1. The molecule has 1 aliphatic rings. The molecule has 1 saturated heterocycles. The molecular weight excluding hydrogens is 166 g/mol. The Hall–Kier alpha value is -0.540. The Morgan fingerprint density at radius 1 is 1.69 bits per heavy atom. The summed E-state index contributed by atoms with van der Waals surface area (Å²) < 4.78 is 5.67. The van der Waals surface area contributed by atoms with Crippen LogP contribution in [0.2, 0.25) is 0 Å². The molecule has 0 aliphatic carbocycles. The molecule has 0 bridgehead atoms. The van der Waals surface area contributed by atoms with Crippen LogP contribution >= 0.6 is 0 Å². The second-order valence-electron chi connectivity index (χ2n) is 3.77. The highest BCUT2D eigenvalue weighted by molar-refractivity contribution is 4.97. The zero-order chi connectivity index (χ0) is 9.84. The van der Waals surface area contributed by atoms with Crippen LogP contribution in [-0.2, 0) is 4.74 Å². The van der Waals surface area contributed by atoms with Crippen LogP contribution in [0.15, 0.2) is 12.3 Å². The molecule has 1 N–H and O–H groups in total. The predicted molar refractivity (Wildman–Crippen MR) is 52.4 cm³/mol. The molecule has 0 saturated carbocycles. The Kier molecular flexibility index (Phi) is 3.75. The number of rotatable bonds is 4. The summed E-state index contributed by atoms with van der Waals surface area (Å²) in [6.45, 7) is 9.76. The Morgan fingerprint density at radius 3 is 2.92 bits per heavy atom. The third kappa shape index (κ3) is 3.01. The van der Waals surface area contributed by atoms with Crippen molar-refractivity contribution in [3.05, 3.63) is 12.3 Å². The third-order valence-corrected chi connectivity index (χ3v) is 2.24. The van der Waals surface area contributed by atoms with Crippen LogP contribution in [0.5, 0.6) is 0 Å². The van der Waals surface area contributed by atoms with Crippen molar-refractivity contribution < 1.29 is 9.84 Å². The van der Waals surface area contributed by atoms with Gasteiger partial charge < -0.3 is 14.7 Å². The molecule has 13 heavy (non-hydrogen) atoms. The van der Waals surface area contributed by atoms with Gasteiger partial charge in [0.2, 0.25) is 0 Å². The minimum absolute atomic E-state index is 0.0500. The smallest absolute Gasteiger partial charge is 0.0823 e. The van der Waals surface area contributed by atoms with E-state index < -0.39 is 0 Å². The standard InChI is InChI=1S/C10H19NO2/c1-8(2)13-10-4-5-11(6-10)9(3)7-12/h8,10,12H,3-7H2,1-2H3/t10-/m1/s1. The zero-order valence-corrected chi connectivity index (χ0v) is 8.49. The molecule has 1 atom stereocenters. The van der Waals surface area contributed by atoms with Gasteiger partial charge >= 0.3 is 0 Å². The van der Waals surface area contributed by atoms with Crippen LogP contribution < -0.4 is 0 Å². The lowest BCUT2D eigenvalue weighted by Gasteiger charge is -2.20. The summed E-state index contributed by atoms with van der Waals surface area (Å²) in [4.78, 5) is 2.09. The van der Waals surface area contributed by atoms with Gasteiger partial charge in [-0.1, -0.05) is 6.58 Å². The van der Waals surface area contributed by atoms with Crippen molar-refractivity contribution in [2.45, 2.75) is 32.5 Å². The van der Waals surface area contributed by atoms with Crippen LogP contribution in [0.1, 0.15) is 20.3 Å². The molecule has 0 aromatic rings. The monoisotopic (exact) mass is 185 g/mol. The van der Waals surface area contributed by atoms with Gasteiger partial charge in [0, 0.05) is 18.8 Å². The Balaban J connectivity index is 2.32. The molecule has 0 aromatic carbocycles. The number of aliphatic hydroxyl groups is 1. The average Bonchev–Trinajstić information content (AvgIpc) is 2.50. The average molecular weight is 185 g/mol. The number of hydrogen-bond acceptors (Lipinski definition) is 3. The highest BCUT2D eigenvalue weighted by atomic mass is 16.5. The first-order valence-corrected chi connectivity index (χ1v) is 4.82. The van der Waals surface area contributed by atoms with Crippen LogP contribution in [0.3, 0.4) is 0 Å². The summed E-state index contributed by atoms with van der Waals surface area (Å²) in [5.74, 6) is 0. The lowest BCUT2D eigenvalue weighted by Crippen LogP contribution is -2.25. The van der Waals surface area contributed by atoms with E-state index in [0.717, 1.165) is 25.2 Å². The second-order valence-corrected chi connectivity index (χ2v) is 3.77. The van der Waals surface area contributed by atoms with Crippen LogP contribution in [0.25, 0.3) is 0 Å². The lowest BCUT2D eigenvalue weighted by molar-refractivity contribution is 0.0152. The predicted octanol–water partition coefficient (Wildman–Crippen LogP) is 0.992. The number of nitrogens with zero attached hydrogens (tertiary/aromatic N) is 1. The Labute approximate surface area is 80.0 Å². The molecule has 0 spiro atoms. The topological polar surface area (TPSA) is 32.7 Å².